The number of hydrogen-bond donors (Lipinski definition) is 1. The van der Waals surface area contributed by atoms with Gasteiger partial charge in [0, 0.05) is 6.54 Å². The monoisotopic (exact) mass is 243 g/mol. The first-order valence-corrected chi connectivity index (χ1v) is 5.48. The van der Waals surface area contributed by atoms with Crippen LogP contribution in [0.4, 0.5) is 5.82 Å². The molecule has 0 radical (unpaired) electrons. The summed E-state index contributed by atoms with van der Waals surface area (Å²) in [5, 5.41) is 3.12. The molecule has 1 aromatic carbocycles. The van der Waals surface area contributed by atoms with Gasteiger partial charge in [0.1, 0.15) is 5.82 Å². The molecular weight excluding hydrogens is 230 g/mol. The van der Waals surface area contributed by atoms with Gasteiger partial charge >= 0.3 is 5.97 Å². The highest BCUT2D eigenvalue weighted by Gasteiger charge is 2.06. The Balaban J connectivity index is 1.97. The van der Waals surface area contributed by atoms with Crippen LogP contribution in [0.15, 0.2) is 42.7 Å². The molecule has 0 unspecified atom stereocenters. The molecule has 0 aliphatic carbocycles. The second kappa shape index (κ2) is 5.77. The first kappa shape index (κ1) is 12.0. The molecule has 1 N–H and O–H groups in total. The van der Waals surface area contributed by atoms with Gasteiger partial charge in [-0.25, -0.2) is 14.8 Å². The van der Waals surface area contributed by atoms with Gasteiger partial charge in [0.15, 0.2) is 5.69 Å². The zero-order valence-corrected chi connectivity index (χ0v) is 9.96. The predicted molar refractivity (Wildman–Crippen MR) is 67.1 cm³/mol. The Bertz CT molecular complexity index is 512. The molecule has 1 heterocycles. The number of nitrogens with zero attached hydrogens (tertiary/aromatic N) is 2. The highest BCUT2D eigenvalue weighted by atomic mass is 16.5. The second-order valence-corrected chi connectivity index (χ2v) is 3.62. The first-order chi connectivity index (χ1) is 8.79. The van der Waals surface area contributed by atoms with Crippen molar-refractivity contribution in [3.8, 4) is 0 Å². The normalized spacial score (nSPS) is 9.83. The summed E-state index contributed by atoms with van der Waals surface area (Å²) in [7, 11) is 1.31. The van der Waals surface area contributed by atoms with Crippen LogP contribution in [0.1, 0.15) is 16.1 Å². The van der Waals surface area contributed by atoms with Crippen molar-refractivity contribution in [3.05, 3.63) is 54.0 Å². The lowest BCUT2D eigenvalue weighted by atomic mass is 10.2. The predicted octanol–water partition coefficient (Wildman–Crippen LogP) is 1.88. The molecular formula is C13H13N3O2. The topological polar surface area (TPSA) is 64.1 Å². The van der Waals surface area contributed by atoms with Crippen molar-refractivity contribution in [2.75, 3.05) is 12.4 Å². The van der Waals surface area contributed by atoms with E-state index in [0.29, 0.717) is 12.4 Å². The lowest BCUT2D eigenvalue weighted by Gasteiger charge is -2.05. The number of aromatic nitrogens is 2. The number of anilines is 1. The smallest absolute Gasteiger partial charge is 0.358 e. The first-order valence-electron chi connectivity index (χ1n) is 5.48. The number of hydrogen-bond acceptors (Lipinski definition) is 5. The van der Waals surface area contributed by atoms with Crippen LogP contribution in [0.5, 0.6) is 0 Å². The molecule has 18 heavy (non-hydrogen) atoms. The Morgan fingerprint density at radius 3 is 2.61 bits per heavy atom. The van der Waals surface area contributed by atoms with E-state index in [-0.39, 0.29) is 5.69 Å². The minimum atomic E-state index is -0.489. The Kier molecular flexibility index (Phi) is 3.86. The van der Waals surface area contributed by atoms with E-state index < -0.39 is 5.97 Å². The van der Waals surface area contributed by atoms with E-state index in [1.807, 2.05) is 30.3 Å². The summed E-state index contributed by atoms with van der Waals surface area (Å²) in [4.78, 5) is 19.2. The van der Waals surface area contributed by atoms with E-state index in [1.165, 1.54) is 19.5 Å². The van der Waals surface area contributed by atoms with Gasteiger partial charge in [-0.15, -0.1) is 0 Å². The molecule has 92 valence electrons. The molecule has 0 spiro atoms. The van der Waals surface area contributed by atoms with Crippen LogP contribution in [0, 0.1) is 0 Å². The van der Waals surface area contributed by atoms with Crippen LogP contribution in [0.3, 0.4) is 0 Å². The van der Waals surface area contributed by atoms with E-state index >= 15 is 0 Å². The number of carbonyl (C=O) groups excluding carboxylic acids is 1. The van der Waals surface area contributed by atoms with Crippen molar-refractivity contribution in [2.45, 2.75) is 6.54 Å². The maximum absolute atomic E-state index is 11.2. The number of rotatable bonds is 4. The van der Waals surface area contributed by atoms with Crippen molar-refractivity contribution in [3.63, 3.8) is 0 Å². The fraction of sp³-hybridized carbons (Fsp3) is 0.154. The van der Waals surface area contributed by atoms with Gasteiger partial charge < -0.3 is 10.1 Å². The van der Waals surface area contributed by atoms with Gasteiger partial charge in [-0.2, -0.15) is 0 Å². The molecule has 5 nitrogen and oxygen atoms in total. The summed E-state index contributed by atoms with van der Waals surface area (Å²) >= 11 is 0. The fourth-order valence-corrected chi connectivity index (χ4v) is 1.42. The largest absolute Gasteiger partial charge is 0.464 e. The molecule has 0 saturated carbocycles. The number of methoxy groups -OCH3 is 1. The molecule has 0 aliphatic heterocycles. The van der Waals surface area contributed by atoms with E-state index in [0.717, 1.165) is 5.56 Å². The van der Waals surface area contributed by atoms with Crippen LogP contribution in [0.25, 0.3) is 0 Å². The molecule has 2 rings (SSSR count). The van der Waals surface area contributed by atoms with Crippen LogP contribution < -0.4 is 5.32 Å². The summed E-state index contributed by atoms with van der Waals surface area (Å²) in [6, 6.07) is 9.95. The third-order valence-corrected chi connectivity index (χ3v) is 2.36. The second-order valence-electron chi connectivity index (χ2n) is 3.62. The van der Waals surface area contributed by atoms with Gasteiger partial charge in [0.25, 0.3) is 0 Å². The number of nitrogens with one attached hydrogen (secondary N) is 1. The average molecular weight is 243 g/mol. The SMILES string of the molecule is COC(=O)c1cnc(NCc2ccccc2)cn1. The van der Waals surface area contributed by atoms with Gasteiger partial charge in [0.2, 0.25) is 0 Å². The van der Waals surface area contributed by atoms with Crippen LogP contribution >= 0.6 is 0 Å². The highest BCUT2D eigenvalue weighted by Crippen LogP contribution is 2.05. The summed E-state index contributed by atoms with van der Waals surface area (Å²) in [5.41, 5.74) is 1.35. The fourth-order valence-electron chi connectivity index (χ4n) is 1.42. The Hall–Kier alpha value is -2.43. The Labute approximate surface area is 105 Å². The van der Waals surface area contributed by atoms with Gasteiger partial charge in [-0.05, 0) is 5.56 Å². The third kappa shape index (κ3) is 3.04. The zero-order chi connectivity index (χ0) is 12.8. The highest BCUT2D eigenvalue weighted by molar-refractivity contribution is 5.86. The van der Waals surface area contributed by atoms with Crippen LogP contribution in [-0.4, -0.2) is 23.0 Å². The summed E-state index contributed by atoms with van der Waals surface area (Å²) in [5.74, 6) is 0.128. The van der Waals surface area contributed by atoms with Crippen molar-refractivity contribution in [2.24, 2.45) is 0 Å². The molecule has 0 bridgehead atoms. The maximum atomic E-state index is 11.2. The van der Waals surface area contributed by atoms with E-state index in [2.05, 4.69) is 20.0 Å². The Morgan fingerprint density at radius 2 is 2.00 bits per heavy atom. The number of ether oxygens (including phenoxy) is 1. The number of benzene rings is 1. The average Bonchev–Trinajstić information content (AvgIpc) is 2.46. The summed E-state index contributed by atoms with van der Waals surface area (Å²) < 4.78 is 4.54. The van der Waals surface area contributed by atoms with E-state index in [4.69, 9.17) is 0 Å². The third-order valence-electron chi connectivity index (χ3n) is 2.36. The molecule has 0 amide bonds. The molecule has 5 heteroatoms. The van der Waals surface area contributed by atoms with Crippen molar-refractivity contribution < 1.29 is 9.53 Å². The minimum Gasteiger partial charge on any atom is -0.464 e. The summed E-state index contributed by atoms with van der Waals surface area (Å²) in [6.07, 6.45) is 2.90. The molecule has 1 aromatic heterocycles. The quantitative estimate of drug-likeness (QED) is 0.830. The standard InChI is InChI=1S/C13H13N3O2/c1-18-13(17)11-8-16-12(9-14-11)15-7-10-5-3-2-4-6-10/h2-6,8-9H,7H2,1H3,(H,15,16). The Morgan fingerprint density at radius 1 is 1.22 bits per heavy atom. The molecule has 0 saturated heterocycles. The lowest BCUT2D eigenvalue weighted by molar-refractivity contribution is 0.0593. The molecule has 0 fully saturated rings. The van der Waals surface area contributed by atoms with Crippen molar-refractivity contribution >= 4 is 11.8 Å². The van der Waals surface area contributed by atoms with Gasteiger partial charge in [-0.1, -0.05) is 30.3 Å². The van der Waals surface area contributed by atoms with E-state index in [9.17, 15) is 4.79 Å². The number of carbonyl (C=O) groups is 1. The van der Waals surface area contributed by atoms with Crippen LogP contribution in [-0.2, 0) is 11.3 Å². The van der Waals surface area contributed by atoms with Crippen molar-refractivity contribution in [1.82, 2.24) is 9.97 Å². The maximum Gasteiger partial charge on any atom is 0.358 e. The summed E-state index contributed by atoms with van der Waals surface area (Å²) in [6.45, 7) is 0.660. The molecule has 2 aromatic rings. The van der Waals surface area contributed by atoms with Crippen LogP contribution in [0.2, 0.25) is 0 Å². The molecule has 0 aliphatic rings. The van der Waals surface area contributed by atoms with E-state index in [1.54, 1.807) is 0 Å². The molecule has 0 atom stereocenters. The zero-order valence-electron chi connectivity index (χ0n) is 9.96. The van der Waals surface area contributed by atoms with Crippen molar-refractivity contribution in [1.29, 1.82) is 0 Å². The number of esters is 1. The van der Waals surface area contributed by atoms with Gasteiger partial charge in [0.05, 0.1) is 19.5 Å². The lowest BCUT2D eigenvalue weighted by Crippen LogP contribution is -2.07. The minimum absolute atomic E-state index is 0.197. The van der Waals surface area contributed by atoms with Gasteiger partial charge in [-0.3, -0.25) is 0 Å².